The molecule has 0 N–H and O–H groups in total. The van der Waals surface area contributed by atoms with Gasteiger partial charge in [-0.3, -0.25) is 0 Å². The summed E-state index contributed by atoms with van der Waals surface area (Å²) in [5.74, 6) is 0.117. The first-order chi connectivity index (χ1) is 9.43. The standard InChI is InChI=1S/C12H19N3O4S/c1-10-13-11(9-14(10)2)20(16,17)15-5-3-12(4-6-15)18-7-8-19-12/h9H,3-8H2,1-2H3. The topological polar surface area (TPSA) is 73.7 Å². The molecule has 8 heteroatoms. The first-order valence-corrected chi connectivity index (χ1v) is 8.15. The summed E-state index contributed by atoms with van der Waals surface area (Å²) in [7, 11) is -1.74. The smallest absolute Gasteiger partial charge is 0.262 e. The summed E-state index contributed by atoms with van der Waals surface area (Å²) in [6, 6.07) is 0. The molecule has 2 aliphatic heterocycles. The van der Waals surface area contributed by atoms with Crippen molar-refractivity contribution in [3.63, 3.8) is 0 Å². The van der Waals surface area contributed by atoms with Crippen molar-refractivity contribution in [2.75, 3.05) is 26.3 Å². The van der Waals surface area contributed by atoms with E-state index < -0.39 is 15.8 Å². The van der Waals surface area contributed by atoms with E-state index in [1.165, 1.54) is 4.31 Å². The molecule has 0 amide bonds. The maximum atomic E-state index is 12.5. The van der Waals surface area contributed by atoms with E-state index in [9.17, 15) is 8.42 Å². The molecular formula is C12H19N3O4S. The van der Waals surface area contributed by atoms with Crippen LogP contribution in [0.15, 0.2) is 11.2 Å². The van der Waals surface area contributed by atoms with Gasteiger partial charge in [0.05, 0.1) is 13.2 Å². The van der Waals surface area contributed by atoms with Gasteiger partial charge in [-0.15, -0.1) is 0 Å². The Morgan fingerprint density at radius 2 is 1.85 bits per heavy atom. The van der Waals surface area contributed by atoms with Crippen LogP contribution in [0.2, 0.25) is 0 Å². The molecule has 112 valence electrons. The highest BCUT2D eigenvalue weighted by molar-refractivity contribution is 7.89. The van der Waals surface area contributed by atoms with E-state index in [2.05, 4.69) is 4.98 Å². The summed E-state index contributed by atoms with van der Waals surface area (Å²) < 4.78 is 39.4. The van der Waals surface area contributed by atoms with Gasteiger partial charge in [0, 0.05) is 39.2 Å². The van der Waals surface area contributed by atoms with Gasteiger partial charge in [0.15, 0.2) is 10.8 Å². The molecular weight excluding hydrogens is 282 g/mol. The molecule has 1 aromatic rings. The SMILES string of the molecule is Cc1nc(S(=O)(=O)N2CCC3(CC2)OCCO3)cn1C. The van der Waals surface area contributed by atoms with E-state index in [4.69, 9.17) is 9.47 Å². The van der Waals surface area contributed by atoms with Gasteiger partial charge in [-0.25, -0.2) is 13.4 Å². The molecule has 1 spiro atoms. The van der Waals surface area contributed by atoms with E-state index in [1.807, 2.05) is 0 Å². The van der Waals surface area contributed by atoms with Gasteiger partial charge in [-0.2, -0.15) is 4.31 Å². The summed E-state index contributed by atoms with van der Waals surface area (Å²) >= 11 is 0. The van der Waals surface area contributed by atoms with Crippen molar-refractivity contribution < 1.29 is 17.9 Å². The Kier molecular flexibility index (Phi) is 3.36. The maximum Gasteiger partial charge on any atom is 0.262 e. The Balaban J connectivity index is 1.76. The minimum atomic E-state index is -3.52. The third-order valence-corrected chi connectivity index (χ3v) is 5.76. The number of piperidine rings is 1. The van der Waals surface area contributed by atoms with Crippen LogP contribution in [0, 0.1) is 6.92 Å². The number of hydrogen-bond donors (Lipinski definition) is 0. The summed E-state index contributed by atoms with van der Waals surface area (Å²) in [6.45, 7) is 3.76. The lowest BCUT2D eigenvalue weighted by Gasteiger charge is -2.36. The van der Waals surface area contributed by atoms with Crippen LogP contribution in [0.5, 0.6) is 0 Å². The molecule has 2 saturated heterocycles. The number of ether oxygens (including phenoxy) is 2. The molecule has 7 nitrogen and oxygen atoms in total. The molecule has 0 atom stereocenters. The quantitative estimate of drug-likeness (QED) is 0.783. The predicted molar refractivity (Wildman–Crippen MR) is 70.6 cm³/mol. The second-order valence-electron chi connectivity index (χ2n) is 5.25. The van der Waals surface area contributed by atoms with Crippen molar-refractivity contribution in [3.8, 4) is 0 Å². The average molecular weight is 301 g/mol. The number of sulfonamides is 1. The summed E-state index contributed by atoms with van der Waals surface area (Å²) in [6.07, 6.45) is 2.69. The highest BCUT2D eigenvalue weighted by Gasteiger charge is 2.43. The maximum absolute atomic E-state index is 12.5. The lowest BCUT2D eigenvalue weighted by atomic mass is 10.1. The van der Waals surface area contributed by atoms with Crippen LogP contribution in [-0.2, 0) is 26.5 Å². The van der Waals surface area contributed by atoms with Crippen molar-refractivity contribution in [2.24, 2.45) is 7.05 Å². The lowest BCUT2D eigenvalue weighted by molar-refractivity contribution is -0.179. The van der Waals surface area contributed by atoms with Gasteiger partial charge in [-0.1, -0.05) is 0 Å². The number of aromatic nitrogens is 2. The molecule has 0 bridgehead atoms. The predicted octanol–water partition coefficient (Wildman–Crippen LogP) is 0.256. The average Bonchev–Trinajstić information content (AvgIpc) is 2.99. The normalized spacial score (nSPS) is 23.5. The number of rotatable bonds is 2. The van der Waals surface area contributed by atoms with Gasteiger partial charge in [0.1, 0.15) is 5.82 Å². The molecule has 2 fully saturated rings. The minimum absolute atomic E-state index is 0.113. The molecule has 1 aromatic heterocycles. The summed E-state index contributed by atoms with van der Waals surface area (Å²) in [4.78, 5) is 4.12. The van der Waals surface area contributed by atoms with E-state index in [0.717, 1.165) is 0 Å². The van der Waals surface area contributed by atoms with Gasteiger partial charge in [0.25, 0.3) is 10.0 Å². The van der Waals surface area contributed by atoms with E-state index >= 15 is 0 Å². The highest BCUT2D eigenvalue weighted by Crippen LogP contribution is 2.33. The zero-order valence-corrected chi connectivity index (χ0v) is 12.5. The van der Waals surface area contributed by atoms with Crippen molar-refractivity contribution in [2.45, 2.75) is 30.6 Å². The summed E-state index contributed by atoms with van der Waals surface area (Å²) in [5.41, 5.74) is 0. The van der Waals surface area contributed by atoms with Crippen LogP contribution in [0.3, 0.4) is 0 Å². The van der Waals surface area contributed by atoms with Crippen molar-refractivity contribution in [1.29, 1.82) is 0 Å². The third-order valence-electron chi connectivity index (χ3n) is 3.99. The highest BCUT2D eigenvalue weighted by atomic mass is 32.2. The van der Waals surface area contributed by atoms with Crippen LogP contribution in [0.25, 0.3) is 0 Å². The zero-order valence-electron chi connectivity index (χ0n) is 11.7. The van der Waals surface area contributed by atoms with Crippen LogP contribution >= 0.6 is 0 Å². The fraction of sp³-hybridized carbons (Fsp3) is 0.750. The van der Waals surface area contributed by atoms with Crippen molar-refractivity contribution in [3.05, 3.63) is 12.0 Å². The Morgan fingerprint density at radius 1 is 1.25 bits per heavy atom. The van der Waals surface area contributed by atoms with Gasteiger partial charge in [0.2, 0.25) is 0 Å². The second-order valence-corrected chi connectivity index (χ2v) is 7.13. The van der Waals surface area contributed by atoms with Crippen molar-refractivity contribution >= 4 is 10.0 Å². The first kappa shape index (κ1) is 14.0. The molecule has 0 radical (unpaired) electrons. The van der Waals surface area contributed by atoms with Gasteiger partial charge in [-0.05, 0) is 6.92 Å². The number of nitrogens with zero attached hydrogens (tertiary/aromatic N) is 3. The van der Waals surface area contributed by atoms with E-state index in [1.54, 1.807) is 24.7 Å². The molecule has 2 aliphatic rings. The molecule has 0 aromatic carbocycles. The Labute approximate surface area is 118 Å². The van der Waals surface area contributed by atoms with Crippen molar-refractivity contribution in [1.82, 2.24) is 13.9 Å². The largest absolute Gasteiger partial charge is 0.347 e. The van der Waals surface area contributed by atoms with Gasteiger partial charge >= 0.3 is 0 Å². The van der Waals surface area contributed by atoms with Crippen LogP contribution in [0.1, 0.15) is 18.7 Å². The third kappa shape index (κ3) is 2.26. The molecule has 0 saturated carbocycles. The molecule has 0 unspecified atom stereocenters. The Bertz CT molecular complexity index is 575. The fourth-order valence-corrected chi connectivity index (χ4v) is 4.10. The molecule has 3 heterocycles. The number of aryl methyl sites for hydroxylation is 2. The first-order valence-electron chi connectivity index (χ1n) is 6.71. The Morgan fingerprint density at radius 3 is 2.35 bits per heavy atom. The van der Waals surface area contributed by atoms with Crippen LogP contribution in [-0.4, -0.2) is 54.4 Å². The zero-order chi connectivity index (χ0) is 14.4. The molecule has 20 heavy (non-hydrogen) atoms. The number of imidazole rings is 1. The minimum Gasteiger partial charge on any atom is -0.347 e. The van der Waals surface area contributed by atoms with E-state index in [0.29, 0.717) is 45.0 Å². The number of hydrogen-bond acceptors (Lipinski definition) is 5. The monoisotopic (exact) mass is 301 g/mol. The van der Waals surface area contributed by atoms with E-state index in [-0.39, 0.29) is 5.03 Å². The van der Waals surface area contributed by atoms with Gasteiger partial charge < -0.3 is 14.0 Å². The fourth-order valence-electron chi connectivity index (χ4n) is 2.64. The second kappa shape index (κ2) is 4.80. The molecule has 3 rings (SSSR count). The van der Waals surface area contributed by atoms with Crippen LogP contribution < -0.4 is 0 Å². The Hall–Kier alpha value is -0.960. The van der Waals surface area contributed by atoms with Crippen LogP contribution in [0.4, 0.5) is 0 Å². The molecule has 0 aliphatic carbocycles. The lowest BCUT2D eigenvalue weighted by Crippen LogP contribution is -2.47. The summed E-state index contributed by atoms with van der Waals surface area (Å²) in [5, 5.41) is 0.113.